The van der Waals surface area contributed by atoms with Crippen molar-refractivity contribution < 1.29 is 0 Å². The molecule has 0 aliphatic rings. The van der Waals surface area contributed by atoms with E-state index in [0.717, 1.165) is 18.5 Å². The summed E-state index contributed by atoms with van der Waals surface area (Å²) < 4.78 is 0. The van der Waals surface area contributed by atoms with Crippen LogP contribution in [0.15, 0.2) is 36.0 Å². The highest BCUT2D eigenvalue weighted by molar-refractivity contribution is 5.24. The molecule has 0 saturated carbocycles. The molecule has 0 aliphatic heterocycles. The van der Waals surface area contributed by atoms with Crippen LogP contribution in [0.4, 0.5) is 0 Å². The van der Waals surface area contributed by atoms with Crippen molar-refractivity contribution in [3.63, 3.8) is 0 Å². The zero-order chi connectivity index (χ0) is 9.40. The van der Waals surface area contributed by atoms with Crippen molar-refractivity contribution in [3.05, 3.63) is 36.0 Å². The van der Waals surface area contributed by atoms with Gasteiger partial charge in [0.1, 0.15) is 0 Å². The molecule has 0 unspecified atom stereocenters. The summed E-state index contributed by atoms with van der Waals surface area (Å²) in [6.45, 7) is 8.91. The largest absolute Gasteiger partial charge is 0.319 e. The van der Waals surface area contributed by atoms with Crippen LogP contribution in [0.5, 0.6) is 0 Å². The molecule has 0 atom stereocenters. The van der Waals surface area contributed by atoms with Gasteiger partial charge in [-0.1, -0.05) is 36.0 Å². The molecule has 0 aromatic heterocycles. The minimum absolute atomic E-state index is 1.03. The number of hydrogen-bond donors (Lipinski definition) is 1. The Morgan fingerprint density at radius 3 is 2.50 bits per heavy atom. The van der Waals surface area contributed by atoms with Gasteiger partial charge in [0.05, 0.1) is 0 Å². The smallest absolute Gasteiger partial charge is 0.00115 e. The lowest BCUT2D eigenvalue weighted by atomic mass is 10.1. The van der Waals surface area contributed by atoms with E-state index >= 15 is 0 Å². The molecule has 12 heavy (non-hydrogen) atoms. The van der Waals surface area contributed by atoms with Crippen LogP contribution in [0.1, 0.15) is 20.3 Å². The Hall–Kier alpha value is -0.820. The van der Waals surface area contributed by atoms with Gasteiger partial charge in [0.15, 0.2) is 0 Å². The average molecular weight is 165 g/mol. The number of hydrogen-bond acceptors (Lipinski definition) is 1. The van der Waals surface area contributed by atoms with Crippen LogP contribution in [0, 0.1) is 0 Å². The van der Waals surface area contributed by atoms with Crippen LogP contribution < -0.4 is 5.32 Å². The zero-order valence-electron chi connectivity index (χ0n) is 8.35. The van der Waals surface area contributed by atoms with E-state index in [1.54, 1.807) is 0 Å². The quantitative estimate of drug-likeness (QED) is 0.618. The molecule has 0 aliphatic carbocycles. The first-order chi connectivity index (χ1) is 5.70. The zero-order valence-corrected chi connectivity index (χ0v) is 8.35. The highest BCUT2D eigenvalue weighted by Gasteiger charge is 1.88. The van der Waals surface area contributed by atoms with Crippen molar-refractivity contribution in [1.29, 1.82) is 0 Å². The first-order valence-corrected chi connectivity index (χ1v) is 4.34. The van der Waals surface area contributed by atoms with Gasteiger partial charge in [0, 0.05) is 0 Å². The fourth-order valence-electron chi connectivity index (χ4n) is 0.843. The lowest BCUT2D eigenvalue weighted by molar-refractivity contribution is 0.793. The number of nitrogens with one attached hydrogen (secondary N) is 1. The van der Waals surface area contributed by atoms with Gasteiger partial charge in [-0.3, -0.25) is 0 Å². The molecule has 0 rings (SSSR count). The first-order valence-electron chi connectivity index (χ1n) is 4.34. The maximum atomic E-state index is 3.81. The van der Waals surface area contributed by atoms with Gasteiger partial charge in [-0.05, 0) is 33.9 Å². The van der Waals surface area contributed by atoms with E-state index in [2.05, 4.69) is 31.0 Å². The Kier molecular flexibility index (Phi) is 6.39. The summed E-state index contributed by atoms with van der Waals surface area (Å²) in [7, 11) is 1.97. The lowest BCUT2D eigenvalue weighted by Crippen LogP contribution is -2.07. The average Bonchev–Trinajstić information content (AvgIpc) is 2.05. The summed E-state index contributed by atoms with van der Waals surface area (Å²) in [6, 6.07) is 0. The van der Waals surface area contributed by atoms with Gasteiger partial charge in [-0.15, -0.1) is 0 Å². The van der Waals surface area contributed by atoms with Crippen LogP contribution in [0.25, 0.3) is 0 Å². The van der Waals surface area contributed by atoms with Crippen molar-refractivity contribution in [2.45, 2.75) is 20.3 Å². The second kappa shape index (κ2) is 6.86. The van der Waals surface area contributed by atoms with E-state index in [-0.39, 0.29) is 0 Å². The second-order valence-corrected chi connectivity index (χ2v) is 2.90. The van der Waals surface area contributed by atoms with Crippen LogP contribution in [-0.4, -0.2) is 13.6 Å². The molecule has 0 heterocycles. The molecule has 1 N–H and O–H groups in total. The molecular weight excluding hydrogens is 146 g/mol. The molecule has 0 spiro atoms. The minimum Gasteiger partial charge on any atom is -0.319 e. The molecule has 0 fully saturated rings. The molecular formula is C11H19N. The molecule has 0 radical (unpaired) electrons. The summed E-state index contributed by atoms with van der Waals surface area (Å²) in [4.78, 5) is 0. The molecule has 0 aromatic rings. The van der Waals surface area contributed by atoms with E-state index in [1.165, 1.54) is 5.57 Å². The third-order valence-electron chi connectivity index (χ3n) is 1.62. The Balaban J connectivity index is 3.92. The Bertz CT molecular complexity index is 187. The Labute approximate surface area is 75.9 Å². The van der Waals surface area contributed by atoms with Gasteiger partial charge in [-0.25, -0.2) is 0 Å². The topological polar surface area (TPSA) is 12.0 Å². The van der Waals surface area contributed by atoms with Gasteiger partial charge in [0.25, 0.3) is 0 Å². The summed E-state index contributed by atoms with van der Waals surface area (Å²) in [5.41, 5.74) is 2.45. The summed E-state index contributed by atoms with van der Waals surface area (Å²) in [6.07, 6.45) is 7.39. The minimum atomic E-state index is 1.03. The third-order valence-corrected chi connectivity index (χ3v) is 1.62. The van der Waals surface area contributed by atoms with E-state index in [0.29, 0.717) is 0 Å². The molecule has 0 bridgehead atoms. The summed E-state index contributed by atoms with van der Waals surface area (Å²) >= 11 is 0. The predicted octanol–water partition coefficient (Wildman–Crippen LogP) is 2.67. The van der Waals surface area contributed by atoms with Crippen LogP contribution in [-0.2, 0) is 0 Å². The third kappa shape index (κ3) is 5.93. The maximum absolute atomic E-state index is 3.81. The number of allylic oxidation sites excluding steroid dienone is 4. The molecule has 0 amide bonds. The monoisotopic (exact) mass is 165 g/mol. The van der Waals surface area contributed by atoms with E-state index in [4.69, 9.17) is 0 Å². The van der Waals surface area contributed by atoms with Gasteiger partial charge < -0.3 is 5.32 Å². The molecule has 68 valence electrons. The van der Waals surface area contributed by atoms with Gasteiger partial charge in [0.2, 0.25) is 0 Å². The lowest BCUT2D eigenvalue weighted by Gasteiger charge is -1.99. The van der Waals surface area contributed by atoms with Crippen molar-refractivity contribution in [2.75, 3.05) is 13.6 Å². The second-order valence-electron chi connectivity index (χ2n) is 2.90. The van der Waals surface area contributed by atoms with E-state index < -0.39 is 0 Å². The highest BCUT2D eigenvalue weighted by Crippen LogP contribution is 2.03. The Morgan fingerprint density at radius 2 is 2.08 bits per heavy atom. The van der Waals surface area contributed by atoms with Crippen LogP contribution in [0.2, 0.25) is 0 Å². The highest BCUT2D eigenvalue weighted by atomic mass is 14.8. The fourth-order valence-corrected chi connectivity index (χ4v) is 0.843. The summed E-state index contributed by atoms with van der Waals surface area (Å²) in [5, 5.41) is 3.12. The van der Waals surface area contributed by atoms with Crippen molar-refractivity contribution in [1.82, 2.24) is 5.32 Å². The van der Waals surface area contributed by atoms with Crippen molar-refractivity contribution in [3.8, 4) is 0 Å². The number of rotatable bonds is 5. The molecule has 1 nitrogen and oxygen atoms in total. The van der Waals surface area contributed by atoms with Gasteiger partial charge >= 0.3 is 0 Å². The van der Waals surface area contributed by atoms with Crippen molar-refractivity contribution in [2.24, 2.45) is 0 Å². The standard InChI is InChI=1S/C11H19N/c1-5-11(8-9-12-4)7-6-10(2)3/h5-7,12H,2,8-9H2,1,3-4H3/b7-6-,11-5+. The van der Waals surface area contributed by atoms with Crippen LogP contribution >= 0.6 is 0 Å². The van der Waals surface area contributed by atoms with E-state index in [1.807, 2.05) is 20.0 Å². The molecule has 0 aromatic carbocycles. The van der Waals surface area contributed by atoms with E-state index in [9.17, 15) is 0 Å². The predicted molar refractivity (Wildman–Crippen MR) is 56.3 cm³/mol. The van der Waals surface area contributed by atoms with Crippen molar-refractivity contribution >= 4 is 0 Å². The van der Waals surface area contributed by atoms with Crippen LogP contribution in [0.3, 0.4) is 0 Å². The molecule has 1 heteroatoms. The first kappa shape index (κ1) is 11.2. The molecule has 0 saturated heterocycles. The SMILES string of the molecule is C=C(C)/C=C\C(=C/C)CCNC. The van der Waals surface area contributed by atoms with Gasteiger partial charge in [-0.2, -0.15) is 0 Å². The Morgan fingerprint density at radius 1 is 1.42 bits per heavy atom. The fraction of sp³-hybridized carbons (Fsp3) is 0.455. The normalized spacial score (nSPS) is 12.4. The maximum Gasteiger partial charge on any atom is -0.00115 e. The summed E-state index contributed by atoms with van der Waals surface area (Å²) in [5.74, 6) is 0.